The number of hydrogen-bond acceptors (Lipinski definition) is 4. The third-order valence-corrected chi connectivity index (χ3v) is 5.53. The van der Waals surface area contributed by atoms with E-state index in [1.165, 1.54) is 4.90 Å². The summed E-state index contributed by atoms with van der Waals surface area (Å²) < 4.78 is 0. The Labute approximate surface area is 190 Å². The van der Waals surface area contributed by atoms with Gasteiger partial charge in [-0.1, -0.05) is 41.9 Å². The van der Waals surface area contributed by atoms with Crippen LogP contribution in [0.15, 0.2) is 79.0 Å². The molecule has 0 spiro atoms. The number of thiocarbonyl (C=S) groups is 1. The van der Waals surface area contributed by atoms with Crippen LogP contribution < -0.4 is 10.2 Å². The van der Waals surface area contributed by atoms with Crippen LogP contribution in [0, 0.1) is 0 Å². The summed E-state index contributed by atoms with van der Waals surface area (Å²) in [7, 11) is 0. The Morgan fingerprint density at radius 3 is 2.55 bits per heavy atom. The van der Waals surface area contributed by atoms with Crippen LogP contribution >= 0.6 is 23.8 Å². The number of amides is 2. The van der Waals surface area contributed by atoms with E-state index in [2.05, 4.69) is 10.3 Å². The Hall–Kier alpha value is -3.29. The first-order chi connectivity index (χ1) is 15.0. The summed E-state index contributed by atoms with van der Waals surface area (Å²) in [6.45, 7) is 0.311. The molecular weight excluding hydrogens is 432 g/mol. The van der Waals surface area contributed by atoms with Gasteiger partial charge in [-0.2, -0.15) is 0 Å². The molecule has 0 saturated carbocycles. The van der Waals surface area contributed by atoms with Crippen molar-refractivity contribution in [2.45, 2.75) is 19.0 Å². The molecule has 0 unspecified atom stereocenters. The number of anilines is 2. The van der Waals surface area contributed by atoms with Crippen molar-refractivity contribution in [1.82, 2.24) is 9.88 Å². The van der Waals surface area contributed by atoms with Gasteiger partial charge in [0, 0.05) is 16.9 Å². The summed E-state index contributed by atoms with van der Waals surface area (Å²) in [6, 6.07) is 20.8. The molecule has 1 aliphatic rings. The molecule has 1 atom stereocenters. The number of nitrogens with zero attached hydrogens (tertiary/aromatic N) is 3. The summed E-state index contributed by atoms with van der Waals surface area (Å²) in [4.78, 5) is 33.6. The highest BCUT2D eigenvalue weighted by atomic mass is 35.5. The molecule has 2 amide bonds. The van der Waals surface area contributed by atoms with E-state index in [0.717, 1.165) is 5.69 Å². The SMILES string of the molecule is O=C(C[C@H]1C(=O)N(c2cccc(Cl)c2)C(=S)N1Cc1ccccn1)Nc1ccccc1. The molecule has 8 heteroatoms. The molecule has 1 aliphatic heterocycles. The Kier molecular flexibility index (Phi) is 6.25. The number of pyridine rings is 1. The van der Waals surface area contributed by atoms with Gasteiger partial charge in [0.1, 0.15) is 6.04 Å². The zero-order valence-electron chi connectivity index (χ0n) is 16.4. The minimum Gasteiger partial charge on any atom is -0.330 e. The number of halogens is 1. The van der Waals surface area contributed by atoms with Crippen LogP contribution in [-0.2, 0) is 16.1 Å². The number of aromatic nitrogens is 1. The number of rotatable bonds is 6. The van der Waals surface area contributed by atoms with Gasteiger partial charge in [0.05, 0.1) is 24.3 Å². The van der Waals surface area contributed by atoms with E-state index >= 15 is 0 Å². The van der Waals surface area contributed by atoms with Gasteiger partial charge < -0.3 is 10.2 Å². The summed E-state index contributed by atoms with van der Waals surface area (Å²) in [6.07, 6.45) is 1.64. The van der Waals surface area contributed by atoms with Gasteiger partial charge >= 0.3 is 0 Å². The van der Waals surface area contributed by atoms with Crippen LogP contribution in [0.2, 0.25) is 5.02 Å². The van der Waals surface area contributed by atoms with Crippen molar-refractivity contribution in [3.8, 4) is 0 Å². The summed E-state index contributed by atoms with van der Waals surface area (Å²) >= 11 is 11.8. The maximum Gasteiger partial charge on any atom is 0.256 e. The van der Waals surface area contributed by atoms with Gasteiger partial charge in [-0.05, 0) is 54.7 Å². The first-order valence-corrected chi connectivity index (χ1v) is 10.5. The van der Waals surface area contributed by atoms with E-state index in [9.17, 15) is 9.59 Å². The summed E-state index contributed by atoms with van der Waals surface area (Å²) in [5.41, 5.74) is 1.99. The molecule has 3 aromatic rings. The zero-order chi connectivity index (χ0) is 21.8. The molecule has 1 N–H and O–H groups in total. The highest BCUT2D eigenvalue weighted by molar-refractivity contribution is 7.80. The Morgan fingerprint density at radius 2 is 1.84 bits per heavy atom. The molecule has 0 bridgehead atoms. The maximum atomic E-state index is 13.4. The molecule has 1 saturated heterocycles. The molecule has 2 heterocycles. The highest BCUT2D eigenvalue weighted by Crippen LogP contribution is 2.30. The molecule has 0 radical (unpaired) electrons. The fourth-order valence-electron chi connectivity index (χ4n) is 3.44. The molecule has 156 valence electrons. The van der Waals surface area contributed by atoms with Crippen molar-refractivity contribution in [3.05, 3.63) is 89.7 Å². The van der Waals surface area contributed by atoms with Gasteiger partial charge in [-0.3, -0.25) is 19.5 Å². The van der Waals surface area contributed by atoms with Crippen LogP contribution in [0.1, 0.15) is 12.1 Å². The van der Waals surface area contributed by atoms with Crippen LogP contribution in [-0.4, -0.2) is 32.9 Å². The van der Waals surface area contributed by atoms with Crippen LogP contribution in [0.4, 0.5) is 11.4 Å². The van der Waals surface area contributed by atoms with E-state index < -0.39 is 6.04 Å². The molecular formula is C23H19ClN4O2S. The molecule has 4 rings (SSSR count). The quantitative estimate of drug-likeness (QED) is 0.568. The minimum atomic E-state index is -0.753. The van der Waals surface area contributed by atoms with E-state index in [0.29, 0.717) is 28.1 Å². The Bertz CT molecular complexity index is 1110. The van der Waals surface area contributed by atoms with E-state index in [1.54, 1.807) is 47.5 Å². The Balaban J connectivity index is 1.61. The summed E-state index contributed by atoms with van der Waals surface area (Å²) in [5.74, 6) is -0.544. The number of benzene rings is 2. The number of carbonyl (C=O) groups is 2. The van der Waals surface area contributed by atoms with Gasteiger partial charge in [-0.25, -0.2) is 0 Å². The molecule has 1 aromatic heterocycles. The fourth-order valence-corrected chi connectivity index (χ4v) is 4.01. The normalized spacial score (nSPS) is 16.0. The smallest absolute Gasteiger partial charge is 0.256 e. The third-order valence-electron chi connectivity index (χ3n) is 4.88. The second-order valence-corrected chi connectivity index (χ2v) is 7.82. The molecule has 6 nitrogen and oxygen atoms in total. The lowest BCUT2D eigenvalue weighted by atomic mass is 10.1. The maximum absolute atomic E-state index is 13.4. The second-order valence-electron chi connectivity index (χ2n) is 7.02. The van der Waals surface area contributed by atoms with Crippen LogP contribution in [0.25, 0.3) is 0 Å². The van der Waals surface area contributed by atoms with Gasteiger partial charge in [0.25, 0.3) is 5.91 Å². The predicted octanol–water partition coefficient (Wildman–Crippen LogP) is 4.27. The van der Waals surface area contributed by atoms with E-state index in [1.807, 2.05) is 36.4 Å². The number of carbonyl (C=O) groups excluding carboxylic acids is 2. The summed E-state index contributed by atoms with van der Waals surface area (Å²) in [5, 5.41) is 3.65. The number of para-hydroxylation sites is 1. The lowest BCUT2D eigenvalue weighted by Gasteiger charge is -2.23. The third kappa shape index (κ3) is 4.73. The fraction of sp³-hybridized carbons (Fsp3) is 0.130. The standard InChI is InChI=1S/C23H19ClN4O2S/c24-16-7-6-11-19(13-16)28-22(30)20(14-21(29)26-17-8-2-1-3-9-17)27(23(28)31)15-18-10-4-5-12-25-18/h1-13,20H,14-15H2,(H,26,29)/t20-/m0/s1. The lowest BCUT2D eigenvalue weighted by Crippen LogP contribution is -2.37. The van der Waals surface area contributed by atoms with Crippen molar-refractivity contribution in [2.75, 3.05) is 10.2 Å². The number of hydrogen-bond donors (Lipinski definition) is 1. The van der Waals surface area contributed by atoms with Gasteiger partial charge in [-0.15, -0.1) is 0 Å². The Morgan fingerprint density at radius 1 is 1.06 bits per heavy atom. The molecule has 0 aliphatic carbocycles. The topological polar surface area (TPSA) is 65.5 Å². The highest BCUT2D eigenvalue weighted by Gasteiger charge is 2.44. The predicted molar refractivity (Wildman–Crippen MR) is 125 cm³/mol. The lowest BCUT2D eigenvalue weighted by molar-refractivity contribution is -0.124. The second kappa shape index (κ2) is 9.24. The molecule has 1 fully saturated rings. The van der Waals surface area contributed by atoms with E-state index in [4.69, 9.17) is 23.8 Å². The minimum absolute atomic E-state index is 0.0439. The monoisotopic (exact) mass is 450 g/mol. The van der Waals surface area contributed by atoms with Crippen molar-refractivity contribution in [2.24, 2.45) is 0 Å². The van der Waals surface area contributed by atoms with E-state index in [-0.39, 0.29) is 18.2 Å². The molecule has 2 aromatic carbocycles. The average molecular weight is 451 g/mol. The van der Waals surface area contributed by atoms with Crippen molar-refractivity contribution in [3.63, 3.8) is 0 Å². The molecule has 31 heavy (non-hydrogen) atoms. The van der Waals surface area contributed by atoms with Crippen molar-refractivity contribution < 1.29 is 9.59 Å². The van der Waals surface area contributed by atoms with Crippen molar-refractivity contribution in [1.29, 1.82) is 0 Å². The van der Waals surface area contributed by atoms with Crippen LogP contribution in [0.3, 0.4) is 0 Å². The van der Waals surface area contributed by atoms with Gasteiger partial charge in [0.15, 0.2) is 5.11 Å². The average Bonchev–Trinajstić information content (AvgIpc) is 2.99. The zero-order valence-corrected chi connectivity index (χ0v) is 18.0. The van der Waals surface area contributed by atoms with Crippen LogP contribution in [0.5, 0.6) is 0 Å². The number of nitrogens with one attached hydrogen (secondary N) is 1. The largest absolute Gasteiger partial charge is 0.330 e. The van der Waals surface area contributed by atoms with Crippen molar-refractivity contribution >= 4 is 52.1 Å². The first kappa shape index (κ1) is 21.0. The first-order valence-electron chi connectivity index (χ1n) is 9.68. The van der Waals surface area contributed by atoms with Gasteiger partial charge in [0.2, 0.25) is 5.91 Å².